The van der Waals surface area contributed by atoms with E-state index in [1.54, 1.807) is 14.0 Å². The molecule has 1 aromatic rings. The highest BCUT2D eigenvalue weighted by atomic mass is 32.2. The monoisotopic (exact) mass is 246 g/mol. The molecule has 16 heavy (non-hydrogen) atoms. The summed E-state index contributed by atoms with van der Waals surface area (Å²) in [6.45, 7) is 3.98. The van der Waals surface area contributed by atoms with Crippen LogP contribution in [0, 0.1) is 6.92 Å². The lowest BCUT2D eigenvalue weighted by Crippen LogP contribution is -2.36. The molecule has 3 N–H and O–H groups in total. The zero-order valence-corrected chi connectivity index (χ0v) is 10.6. The quantitative estimate of drug-likeness (QED) is 0.769. The summed E-state index contributed by atoms with van der Waals surface area (Å²) in [5.74, 6) is 0. The number of nitrogens with zero attached hydrogens (tertiary/aromatic N) is 2. The molecule has 0 aliphatic heterocycles. The van der Waals surface area contributed by atoms with Gasteiger partial charge in [0.1, 0.15) is 4.90 Å². The minimum atomic E-state index is -3.46. The molecule has 1 unspecified atom stereocenters. The molecular formula is C9H18N4O2S. The predicted molar refractivity (Wildman–Crippen MR) is 61.4 cm³/mol. The Morgan fingerprint density at radius 3 is 2.69 bits per heavy atom. The molecule has 6 nitrogen and oxygen atoms in total. The molecule has 0 saturated carbocycles. The summed E-state index contributed by atoms with van der Waals surface area (Å²) in [4.78, 5) is 0.221. The van der Waals surface area contributed by atoms with E-state index < -0.39 is 10.0 Å². The van der Waals surface area contributed by atoms with Gasteiger partial charge in [-0.05, 0) is 26.8 Å². The average molecular weight is 246 g/mol. The van der Waals surface area contributed by atoms with Crippen LogP contribution in [0.25, 0.3) is 0 Å². The number of sulfonamides is 1. The SMILES string of the molecule is Cc1[nH]ncc1S(=O)(=O)N(C)C(C)CCN. The molecule has 0 aromatic carbocycles. The maximum absolute atomic E-state index is 12.2. The normalized spacial score (nSPS) is 14.3. The van der Waals surface area contributed by atoms with Crippen LogP contribution in [-0.4, -0.2) is 42.6 Å². The van der Waals surface area contributed by atoms with Crippen molar-refractivity contribution in [2.24, 2.45) is 5.73 Å². The number of hydrogen-bond acceptors (Lipinski definition) is 4. The van der Waals surface area contributed by atoms with Gasteiger partial charge in [-0.2, -0.15) is 9.40 Å². The summed E-state index contributed by atoms with van der Waals surface area (Å²) in [7, 11) is -1.91. The molecule has 1 heterocycles. The van der Waals surface area contributed by atoms with Gasteiger partial charge >= 0.3 is 0 Å². The van der Waals surface area contributed by atoms with Crippen LogP contribution in [-0.2, 0) is 10.0 Å². The van der Waals surface area contributed by atoms with E-state index in [4.69, 9.17) is 5.73 Å². The van der Waals surface area contributed by atoms with Crippen molar-refractivity contribution < 1.29 is 8.42 Å². The summed E-state index contributed by atoms with van der Waals surface area (Å²) < 4.78 is 25.6. The Bertz CT molecular complexity index is 440. The molecule has 1 aromatic heterocycles. The first kappa shape index (κ1) is 13.1. The van der Waals surface area contributed by atoms with Gasteiger partial charge in [0.2, 0.25) is 10.0 Å². The summed E-state index contributed by atoms with van der Waals surface area (Å²) in [5.41, 5.74) is 5.97. The number of aromatic nitrogens is 2. The average Bonchev–Trinajstić information content (AvgIpc) is 2.64. The highest BCUT2D eigenvalue weighted by molar-refractivity contribution is 7.89. The Labute approximate surface area is 95.9 Å². The first-order chi connectivity index (χ1) is 7.41. The fourth-order valence-corrected chi connectivity index (χ4v) is 2.92. The standard InChI is InChI=1S/C9H18N4O2S/c1-7(4-5-10)13(3)16(14,15)9-6-11-12-8(9)2/h6-7H,4-5,10H2,1-3H3,(H,11,12). The summed E-state index contributed by atoms with van der Waals surface area (Å²) in [5, 5.41) is 6.34. The van der Waals surface area contributed by atoms with Crippen LogP contribution in [0.3, 0.4) is 0 Å². The summed E-state index contributed by atoms with van der Waals surface area (Å²) in [6, 6.07) is -0.121. The van der Waals surface area contributed by atoms with Crippen molar-refractivity contribution in [1.82, 2.24) is 14.5 Å². The Hall–Kier alpha value is -0.920. The maximum atomic E-state index is 12.2. The summed E-state index contributed by atoms with van der Waals surface area (Å²) in [6.07, 6.45) is 1.96. The first-order valence-corrected chi connectivity index (χ1v) is 6.53. The van der Waals surface area contributed by atoms with Crippen molar-refractivity contribution >= 4 is 10.0 Å². The van der Waals surface area contributed by atoms with Crippen LogP contribution < -0.4 is 5.73 Å². The lowest BCUT2D eigenvalue weighted by atomic mass is 10.2. The van der Waals surface area contributed by atoms with Crippen LogP contribution in [0.5, 0.6) is 0 Å². The molecule has 92 valence electrons. The van der Waals surface area contributed by atoms with Gasteiger partial charge in [-0.15, -0.1) is 0 Å². The van der Waals surface area contributed by atoms with E-state index in [-0.39, 0.29) is 10.9 Å². The van der Waals surface area contributed by atoms with Gasteiger partial charge < -0.3 is 5.73 Å². The van der Waals surface area contributed by atoms with Crippen molar-refractivity contribution in [3.8, 4) is 0 Å². The van der Waals surface area contributed by atoms with Gasteiger partial charge in [-0.1, -0.05) is 0 Å². The molecule has 1 atom stereocenters. The third kappa shape index (κ3) is 2.42. The zero-order valence-electron chi connectivity index (χ0n) is 9.77. The third-order valence-corrected chi connectivity index (χ3v) is 4.73. The Balaban J connectivity index is 2.99. The minimum absolute atomic E-state index is 0.121. The van der Waals surface area contributed by atoms with Crippen LogP contribution in [0.15, 0.2) is 11.1 Å². The van der Waals surface area contributed by atoms with E-state index in [0.717, 1.165) is 0 Å². The molecule has 7 heteroatoms. The van der Waals surface area contributed by atoms with E-state index >= 15 is 0 Å². The van der Waals surface area contributed by atoms with Crippen molar-refractivity contribution in [2.45, 2.75) is 31.2 Å². The number of hydrogen-bond donors (Lipinski definition) is 2. The summed E-state index contributed by atoms with van der Waals surface area (Å²) >= 11 is 0. The highest BCUT2D eigenvalue weighted by Crippen LogP contribution is 2.18. The molecule has 0 bridgehead atoms. The molecule has 0 saturated heterocycles. The lowest BCUT2D eigenvalue weighted by Gasteiger charge is -2.23. The number of H-pyrrole nitrogens is 1. The molecule has 0 aliphatic carbocycles. The first-order valence-electron chi connectivity index (χ1n) is 5.09. The van der Waals surface area contributed by atoms with Crippen molar-refractivity contribution in [3.05, 3.63) is 11.9 Å². The number of nitrogens with one attached hydrogen (secondary N) is 1. The number of nitrogens with two attached hydrogens (primary N) is 1. The number of aromatic amines is 1. The van der Waals surface area contributed by atoms with Crippen LogP contribution in [0.4, 0.5) is 0 Å². The van der Waals surface area contributed by atoms with Gasteiger partial charge in [0.15, 0.2) is 0 Å². The fourth-order valence-electron chi connectivity index (χ4n) is 1.41. The molecule has 0 radical (unpaired) electrons. The van der Waals surface area contributed by atoms with Gasteiger partial charge in [0.25, 0.3) is 0 Å². The zero-order chi connectivity index (χ0) is 12.3. The van der Waals surface area contributed by atoms with E-state index in [2.05, 4.69) is 10.2 Å². The van der Waals surface area contributed by atoms with Gasteiger partial charge in [-0.25, -0.2) is 8.42 Å². The van der Waals surface area contributed by atoms with E-state index in [9.17, 15) is 8.42 Å². The second-order valence-electron chi connectivity index (χ2n) is 3.81. The fraction of sp³-hybridized carbons (Fsp3) is 0.667. The van der Waals surface area contributed by atoms with Crippen molar-refractivity contribution in [1.29, 1.82) is 0 Å². The highest BCUT2D eigenvalue weighted by Gasteiger charge is 2.27. The number of aryl methyl sites for hydroxylation is 1. The molecule has 0 amide bonds. The molecule has 0 spiro atoms. The van der Waals surface area contributed by atoms with Crippen LogP contribution in [0.2, 0.25) is 0 Å². The maximum Gasteiger partial charge on any atom is 0.246 e. The molecular weight excluding hydrogens is 228 g/mol. The molecule has 0 aliphatic rings. The second kappa shape index (κ2) is 4.94. The van der Waals surface area contributed by atoms with E-state index in [1.165, 1.54) is 10.5 Å². The van der Waals surface area contributed by atoms with Crippen molar-refractivity contribution in [2.75, 3.05) is 13.6 Å². The third-order valence-electron chi connectivity index (χ3n) is 2.65. The van der Waals surface area contributed by atoms with Crippen molar-refractivity contribution in [3.63, 3.8) is 0 Å². The van der Waals surface area contributed by atoms with Gasteiger partial charge in [0.05, 0.1) is 11.9 Å². The smallest absolute Gasteiger partial charge is 0.246 e. The van der Waals surface area contributed by atoms with E-state index in [0.29, 0.717) is 18.7 Å². The topological polar surface area (TPSA) is 92.1 Å². The Morgan fingerprint density at radius 2 is 2.25 bits per heavy atom. The largest absolute Gasteiger partial charge is 0.330 e. The second-order valence-corrected chi connectivity index (χ2v) is 5.77. The van der Waals surface area contributed by atoms with Gasteiger partial charge in [0, 0.05) is 13.1 Å². The predicted octanol–water partition coefficient (Wildman–Crippen LogP) is 0.0759. The minimum Gasteiger partial charge on any atom is -0.330 e. The molecule has 0 fully saturated rings. The van der Waals surface area contributed by atoms with Crippen LogP contribution >= 0.6 is 0 Å². The Morgan fingerprint density at radius 1 is 1.62 bits per heavy atom. The van der Waals surface area contributed by atoms with Crippen LogP contribution in [0.1, 0.15) is 19.0 Å². The van der Waals surface area contributed by atoms with Gasteiger partial charge in [-0.3, -0.25) is 5.10 Å². The number of rotatable bonds is 5. The lowest BCUT2D eigenvalue weighted by molar-refractivity contribution is 0.374. The Kier molecular flexibility index (Phi) is 4.06. The molecule has 1 rings (SSSR count). The van der Waals surface area contributed by atoms with E-state index in [1.807, 2.05) is 6.92 Å².